The molecule has 0 aromatic heterocycles. The smallest absolute Gasteiger partial charge is 0.340 e. The van der Waals surface area contributed by atoms with Gasteiger partial charge in [0.15, 0.2) is 0 Å². The number of amides is 3. The Hall–Kier alpha value is -2.25. The molecule has 2 fully saturated rings. The zero-order chi connectivity index (χ0) is 21.6. The highest BCUT2D eigenvalue weighted by molar-refractivity contribution is 5.77. The van der Waals surface area contributed by atoms with Crippen LogP contribution < -0.4 is 10.6 Å². The lowest BCUT2D eigenvalue weighted by Crippen LogP contribution is -2.48. The minimum absolute atomic E-state index is 0.0796. The van der Waals surface area contributed by atoms with E-state index in [2.05, 4.69) is 10.6 Å². The normalized spacial score (nSPS) is 24.1. The first-order valence-electron chi connectivity index (χ1n) is 10.8. The van der Waals surface area contributed by atoms with Crippen molar-refractivity contribution in [1.29, 1.82) is 0 Å². The van der Waals surface area contributed by atoms with Crippen molar-refractivity contribution in [3.05, 3.63) is 35.9 Å². The second-order valence-electron chi connectivity index (χ2n) is 8.33. The van der Waals surface area contributed by atoms with Gasteiger partial charge in [0, 0.05) is 25.6 Å². The van der Waals surface area contributed by atoms with Gasteiger partial charge >= 0.3 is 12.2 Å². The van der Waals surface area contributed by atoms with Gasteiger partial charge in [-0.15, -0.1) is 0 Å². The second-order valence-corrected chi connectivity index (χ2v) is 8.33. The minimum atomic E-state index is -4.23. The van der Waals surface area contributed by atoms with E-state index in [0.29, 0.717) is 32.4 Å². The van der Waals surface area contributed by atoms with Crippen LogP contribution in [0.15, 0.2) is 30.3 Å². The standard InChI is InChI=1S/C22H30F3N3O2/c23-22(24,25)17-10-7-11-18(14-17)26-21(30)27-19(16-8-3-1-4-9-16)15-28-13-6-2-5-12-20(28)29/h1,3-4,8-9,17-19H,2,5-7,10-15H2,(H2,26,27,30). The highest BCUT2D eigenvalue weighted by Crippen LogP contribution is 2.37. The molecule has 8 heteroatoms. The highest BCUT2D eigenvalue weighted by atomic mass is 19.4. The summed E-state index contributed by atoms with van der Waals surface area (Å²) in [5, 5.41) is 5.63. The minimum Gasteiger partial charge on any atom is -0.340 e. The SMILES string of the molecule is O=C(NC1CCCC(C(F)(F)F)C1)NC(CN1CCCCCC1=O)c1ccccc1. The van der Waals surface area contributed by atoms with Crippen molar-refractivity contribution >= 4 is 11.9 Å². The molecule has 166 valence electrons. The van der Waals surface area contributed by atoms with Gasteiger partial charge in [0.1, 0.15) is 0 Å². The largest absolute Gasteiger partial charge is 0.391 e. The molecule has 1 aliphatic carbocycles. The van der Waals surface area contributed by atoms with Crippen molar-refractivity contribution in [2.45, 2.75) is 69.6 Å². The van der Waals surface area contributed by atoms with E-state index in [1.807, 2.05) is 30.3 Å². The molecule has 3 atom stereocenters. The van der Waals surface area contributed by atoms with Gasteiger partial charge in [0.25, 0.3) is 0 Å². The molecule has 30 heavy (non-hydrogen) atoms. The number of alkyl halides is 3. The monoisotopic (exact) mass is 425 g/mol. The Labute approximate surface area is 175 Å². The Balaban J connectivity index is 1.64. The maximum atomic E-state index is 13.0. The Morgan fingerprint density at radius 1 is 1.10 bits per heavy atom. The quantitative estimate of drug-likeness (QED) is 0.727. The van der Waals surface area contributed by atoms with Crippen LogP contribution in [0.5, 0.6) is 0 Å². The summed E-state index contributed by atoms with van der Waals surface area (Å²) in [7, 11) is 0. The predicted octanol–water partition coefficient (Wildman–Crippen LogP) is 4.55. The molecule has 2 N–H and O–H groups in total. The Morgan fingerprint density at radius 3 is 2.60 bits per heavy atom. The van der Waals surface area contributed by atoms with Gasteiger partial charge < -0.3 is 15.5 Å². The summed E-state index contributed by atoms with van der Waals surface area (Å²) in [4.78, 5) is 26.8. The molecule has 0 bridgehead atoms. The summed E-state index contributed by atoms with van der Waals surface area (Å²) in [5.74, 6) is -1.29. The second kappa shape index (κ2) is 10.2. The third-order valence-electron chi connectivity index (χ3n) is 6.05. The van der Waals surface area contributed by atoms with E-state index in [-0.39, 0.29) is 18.7 Å². The molecule has 1 heterocycles. The molecule has 3 amide bonds. The molecule has 1 aliphatic heterocycles. The maximum absolute atomic E-state index is 13.0. The lowest BCUT2D eigenvalue weighted by molar-refractivity contribution is -0.183. The molecule has 2 aliphatic rings. The summed E-state index contributed by atoms with van der Waals surface area (Å²) in [6.07, 6.45) is 0.117. The number of hydrogen-bond donors (Lipinski definition) is 2. The van der Waals surface area contributed by atoms with E-state index in [1.165, 1.54) is 0 Å². The van der Waals surface area contributed by atoms with Crippen molar-refractivity contribution in [2.75, 3.05) is 13.1 Å². The number of likely N-dealkylation sites (tertiary alicyclic amines) is 1. The fourth-order valence-corrected chi connectivity index (χ4v) is 4.38. The number of carbonyl (C=O) groups excluding carboxylic acids is 2. The van der Waals surface area contributed by atoms with E-state index in [9.17, 15) is 22.8 Å². The fourth-order valence-electron chi connectivity index (χ4n) is 4.38. The van der Waals surface area contributed by atoms with Crippen LogP contribution in [-0.4, -0.2) is 42.1 Å². The van der Waals surface area contributed by atoms with Crippen molar-refractivity contribution in [2.24, 2.45) is 5.92 Å². The molecule has 1 saturated carbocycles. The fraction of sp³-hybridized carbons (Fsp3) is 0.636. The molecule has 1 aromatic carbocycles. The number of rotatable bonds is 5. The molecule has 0 spiro atoms. The van der Waals surface area contributed by atoms with Crippen LogP contribution in [0.4, 0.5) is 18.0 Å². The molecule has 3 unspecified atom stereocenters. The Bertz CT molecular complexity index is 711. The van der Waals surface area contributed by atoms with Gasteiger partial charge in [-0.25, -0.2) is 4.79 Å². The third-order valence-corrected chi connectivity index (χ3v) is 6.05. The summed E-state index contributed by atoms with van der Waals surface area (Å²) in [5.41, 5.74) is 0.863. The maximum Gasteiger partial charge on any atom is 0.391 e. The van der Waals surface area contributed by atoms with E-state index < -0.39 is 30.2 Å². The molecule has 1 saturated heterocycles. The molecule has 5 nitrogen and oxygen atoms in total. The van der Waals surface area contributed by atoms with E-state index in [4.69, 9.17) is 0 Å². The number of carbonyl (C=O) groups is 2. The van der Waals surface area contributed by atoms with Crippen LogP contribution in [0, 0.1) is 5.92 Å². The molecule has 0 radical (unpaired) electrons. The Kier molecular flexibility index (Phi) is 7.61. The van der Waals surface area contributed by atoms with Gasteiger partial charge in [-0.05, 0) is 37.7 Å². The van der Waals surface area contributed by atoms with Gasteiger partial charge in [-0.3, -0.25) is 4.79 Å². The van der Waals surface area contributed by atoms with E-state index >= 15 is 0 Å². The van der Waals surface area contributed by atoms with Gasteiger partial charge in [-0.1, -0.05) is 43.2 Å². The van der Waals surface area contributed by atoms with Crippen LogP contribution in [0.3, 0.4) is 0 Å². The number of hydrogen-bond acceptors (Lipinski definition) is 2. The molecular formula is C22H30F3N3O2. The molecule has 3 rings (SSSR count). The number of urea groups is 1. The first kappa shape index (κ1) is 22.4. The topological polar surface area (TPSA) is 61.4 Å². The number of nitrogens with one attached hydrogen (secondary N) is 2. The van der Waals surface area contributed by atoms with Crippen LogP contribution >= 0.6 is 0 Å². The molecular weight excluding hydrogens is 395 g/mol. The third kappa shape index (κ3) is 6.37. The average molecular weight is 425 g/mol. The van der Waals surface area contributed by atoms with Gasteiger partial charge in [0.05, 0.1) is 12.0 Å². The van der Waals surface area contributed by atoms with Crippen LogP contribution in [0.2, 0.25) is 0 Å². The summed E-state index contributed by atoms with van der Waals surface area (Å²) < 4.78 is 39.1. The molecule has 1 aromatic rings. The zero-order valence-electron chi connectivity index (χ0n) is 17.1. The van der Waals surface area contributed by atoms with Gasteiger partial charge in [-0.2, -0.15) is 13.2 Å². The highest BCUT2D eigenvalue weighted by Gasteiger charge is 2.42. The first-order valence-corrected chi connectivity index (χ1v) is 10.8. The van der Waals surface area contributed by atoms with E-state index in [1.54, 1.807) is 4.90 Å². The lowest BCUT2D eigenvalue weighted by Gasteiger charge is -2.32. The zero-order valence-corrected chi connectivity index (χ0v) is 17.1. The van der Waals surface area contributed by atoms with Crippen molar-refractivity contribution in [3.8, 4) is 0 Å². The van der Waals surface area contributed by atoms with Crippen molar-refractivity contribution < 1.29 is 22.8 Å². The van der Waals surface area contributed by atoms with Crippen molar-refractivity contribution in [3.63, 3.8) is 0 Å². The lowest BCUT2D eigenvalue weighted by atomic mass is 9.85. The van der Waals surface area contributed by atoms with Crippen molar-refractivity contribution in [1.82, 2.24) is 15.5 Å². The summed E-state index contributed by atoms with van der Waals surface area (Å²) >= 11 is 0. The predicted molar refractivity (Wildman–Crippen MR) is 108 cm³/mol. The van der Waals surface area contributed by atoms with Crippen LogP contribution in [-0.2, 0) is 4.79 Å². The number of nitrogens with zero attached hydrogens (tertiary/aromatic N) is 1. The van der Waals surface area contributed by atoms with Crippen LogP contribution in [0.25, 0.3) is 0 Å². The Morgan fingerprint density at radius 2 is 1.87 bits per heavy atom. The average Bonchev–Trinajstić information content (AvgIpc) is 2.92. The summed E-state index contributed by atoms with van der Waals surface area (Å²) in [6.45, 7) is 1.01. The number of benzene rings is 1. The number of halogens is 3. The van der Waals surface area contributed by atoms with Gasteiger partial charge in [0.2, 0.25) is 5.91 Å². The van der Waals surface area contributed by atoms with Crippen LogP contribution in [0.1, 0.15) is 63.0 Å². The van der Waals surface area contributed by atoms with E-state index in [0.717, 1.165) is 24.8 Å². The summed E-state index contributed by atoms with van der Waals surface area (Å²) in [6, 6.07) is 7.96. The first-order chi connectivity index (χ1) is 14.3.